The van der Waals surface area contributed by atoms with Gasteiger partial charge in [0, 0.05) is 23.9 Å². The monoisotopic (exact) mass is 226 g/mol. The summed E-state index contributed by atoms with van der Waals surface area (Å²) in [6.45, 7) is 7.94. The van der Waals surface area contributed by atoms with Crippen molar-refractivity contribution < 1.29 is 4.74 Å². The van der Waals surface area contributed by atoms with Crippen LogP contribution in [0.2, 0.25) is 0 Å². The predicted molar refractivity (Wildman–Crippen MR) is 62.4 cm³/mol. The first-order valence-corrected chi connectivity index (χ1v) is 6.37. The number of ether oxygens (including phenoxy) is 1. The third-order valence-electron chi connectivity index (χ3n) is 2.72. The molecule has 1 aliphatic heterocycles. The number of nitrogens with zero attached hydrogens (tertiary/aromatic N) is 1. The van der Waals surface area contributed by atoms with E-state index in [-0.39, 0.29) is 0 Å². The Kier molecular flexibility index (Phi) is 3.72. The Morgan fingerprint density at radius 2 is 2.47 bits per heavy atom. The molecule has 0 amide bonds. The van der Waals surface area contributed by atoms with Gasteiger partial charge in [0.15, 0.2) is 0 Å². The van der Waals surface area contributed by atoms with Crippen molar-refractivity contribution in [1.29, 1.82) is 0 Å². The van der Waals surface area contributed by atoms with Crippen molar-refractivity contribution >= 4 is 11.3 Å². The number of hydrogen-bond acceptors (Lipinski definition) is 4. The largest absolute Gasteiger partial charge is 0.381 e. The third-order valence-corrected chi connectivity index (χ3v) is 4.04. The molecule has 1 aliphatic rings. The van der Waals surface area contributed by atoms with E-state index in [4.69, 9.17) is 4.74 Å². The molecule has 1 atom stereocenters. The molecule has 84 valence electrons. The molecule has 3 nitrogen and oxygen atoms in total. The maximum absolute atomic E-state index is 5.39. The van der Waals surface area contributed by atoms with Gasteiger partial charge < -0.3 is 10.1 Å². The lowest BCUT2D eigenvalue weighted by Crippen LogP contribution is -2.11. The van der Waals surface area contributed by atoms with Crippen molar-refractivity contribution in [2.45, 2.75) is 32.7 Å². The van der Waals surface area contributed by atoms with E-state index in [0.717, 1.165) is 32.7 Å². The molecule has 1 aromatic heterocycles. The highest BCUT2D eigenvalue weighted by atomic mass is 32.1. The molecule has 0 saturated carbocycles. The summed E-state index contributed by atoms with van der Waals surface area (Å²) in [5.74, 6) is 0.545. The van der Waals surface area contributed by atoms with Crippen LogP contribution >= 0.6 is 11.3 Å². The second kappa shape index (κ2) is 5.05. The highest BCUT2D eigenvalue weighted by molar-refractivity contribution is 7.11. The lowest BCUT2D eigenvalue weighted by Gasteiger charge is -2.00. The van der Waals surface area contributed by atoms with Crippen LogP contribution in [-0.2, 0) is 11.3 Å². The number of rotatable bonds is 4. The van der Waals surface area contributed by atoms with Crippen LogP contribution in [0, 0.1) is 6.92 Å². The second-order valence-electron chi connectivity index (χ2n) is 3.90. The van der Waals surface area contributed by atoms with E-state index in [1.165, 1.54) is 15.6 Å². The highest BCUT2D eigenvalue weighted by Crippen LogP contribution is 2.30. The van der Waals surface area contributed by atoms with Gasteiger partial charge in [-0.3, -0.25) is 0 Å². The van der Waals surface area contributed by atoms with Crippen LogP contribution in [0.4, 0.5) is 0 Å². The average Bonchev–Trinajstić information content (AvgIpc) is 2.83. The lowest BCUT2D eigenvalue weighted by molar-refractivity contribution is 0.194. The predicted octanol–water partition coefficient (Wildman–Crippen LogP) is 2.06. The molecule has 15 heavy (non-hydrogen) atoms. The molecule has 0 aliphatic carbocycles. The zero-order valence-electron chi connectivity index (χ0n) is 9.38. The van der Waals surface area contributed by atoms with Gasteiger partial charge in [-0.25, -0.2) is 4.98 Å². The molecule has 0 bridgehead atoms. The van der Waals surface area contributed by atoms with Crippen LogP contribution in [0.3, 0.4) is 0 Å². The second-order valence-corrected chi connectivity index (χ2v) is 5.02. The zero-order chi connectivity index (χ0) is 10.7. The maximum atomic E-state index is 5.39. The number of aromatic nitrogens is 1. The van der Waals surface area contributed by atoms with Gasteiger partial charge in [0.25, 0.3) is 0 Å². The van der Waals surface area contributed by atoms with Crippen molar-refractivity contribution in [2.24, 2.45) is 0 Å². The fraction of sp³-hybridized carbons (Fsp3) is 0.727. The van der Waals surface area contributed by atoms with Gasteiger partial charge in [0.2, 0.25) is 0 Å². The Morgan fingerprint density at radius 3 is 3.13 bits per heavy atom. The van der Waals surface area contributed by atoms with Crippen LogP contribution < -0.4 is 5.32 Å². The van der Waals surface area contributed by atoms with Crippen molar-refractivity contribution in [1.82, 2.24) is 10.3 Å². The summed E-state index contributed by atoms with van der Waals surface area (Å²) in [6.07, 6.45) is 1.13. The smallest absolute Gasteiger partial charge is 0.0986 e. The molecule has 1 fully saturated rings. The van der Waals surface area contributed by atoms with Crippen molar-refractivity contribution in [3.8, 4) is 0 Å². The van der Waals surface area contributed by atoms with E-state index in [1.807, 2.05) is 11.3 Å². The van der Waals surface area contributed by atoms with Crippen molar-refractivity contribution in [3.05, 3.63) is 15.6 Å². The van der Waals surface area contributed by atoms with Gasteiger partial charge in [-0.15, -0.1) is 11.3 Å². The molecule has 1 unspecified atom stereocenters. The highest BCUT2D eigenvalue weighted by Gasteiger charge is 2.21. The van der Waals surface area contributed by atoms with Crippen molar-refractivity contribution in [3.63, 3.8) is 0 Å². The van der Waals surface area contributed by atoms with E-state index < -0.39 is 0 Å². The average molecular weight is 226 g/mol. The molecular weight excluding hydrogens is 208 g/mol. The Morgan fingerprint density at radius 1 is 1.60 bits per heavy atom. The zero-order valence-corrected chi connectivity index (χ0v) is 10.2. The molecule has 2 heterocycles. The van der Waals surface area contributed by atoms with Gasteiger partial charge in [-0.1, -0.05) is 6.92 Å². The van der Waals surface area contributed by atoms with Gasteiger partial charge in [0.05, 0.1) is 17.3 Å². The van der Waals surface area contributed by atoms with E-state index >= 15 is 0 Å². The minimum atomic E-state index is 0.545. The molecule has 1 aromatic rings. The standard InChI is InChI=1S/C11H18N2OS/c1-3-12-6-10-8(2)13-11(15-10)9-4-5-14-7-9/h9,12H,3-7H2,1-2H3. The maximum Gasteiger partial charge on any atom is 0.0986 e. The number of thiazole rings is 1. The van der Waals surface area contributed by atoms with Crippen LogP contribution in [0.5, 0.6) is 0 Å². The number of hydrogen-bond donors (Lipinski definition) is 1. The summed E-state index contributed by atoms with van der Waals surface area (Å²) >= 11 is 1.84. The summed E-state index contributed by atoms with van der Waals surface area (Å²) < 4.78 is 5.39. The first-order chi connectivity index (χ1) is 7.31. The first kappa shape index (κ1) is 11.0. The summed E-state index contributed by atoms with van der Waals surface area (Å²) in [7, 11) is 0. The first-order valence-electron chi connectivity index (χ1n) is 5.56. The molecule has 1 saturated heterocycles. The molecule has 0 radical (unpaired) electrons. The summed E-state index contributed by atoms with van der Waals surface area (Å²) in [4.78, 5) is 6.02. The van der Waals surface area contributed by atoms with Crippen LogP contribution in [-0.4, -0.2) is 24.7 Å². The summed E-state index contributed by atoms with van der Waals surface area (Å²) in [5.41, 5.74) is 1.18. The van der Waals surface area contributed by atoms with Crippen LogP contribution in [0.15, 0.2) is 0 Å². The van der Waals surface area contributed by atoms with E-state index in [9.17, 15) is 0 Å². The minimum Gasteiger partial charge on any atom is -0.381 e. The van der Waals surface area contributed by atoms with Crippen molar-refractivity contribution in [2.75, 3.05) is 19.8 Å². The van der Waals surface area contributed by atoms with Crippen LogP contribution in [0.1, 0.15) is 34.8 Å². The van der Waals surface area contributed by atoms with E-state index in [0.29, 0.717) is 5.92 Å². The third kappa shape index (κ3) is 2.56. The number of aryl methyl sites for hydroxylation is 1. The van der Waals surface area contributed by atoms with Gasteiger partial charge >= 0.3 is 0 Å². The Balaban J connectivity index is 2.06. The fourth-order valence-corrected chi connectivity index (χ4v) is 2.91. The molecular formula is C11H18N2OS. The SMILES string of the molecule is CCNCc1sc(C2CCOC2)nc1C. The Bertz CT molecular complexity index is 318. The number of nitrogens with one attached hydrogen (secondary N) is 1. The molecule has 1 N–H and O–H groups in total. The summed E-state index contributed by atoms with van der Waals surface area (Å²) in [6, 6.07) is 0. The van der Waals surface area contributed by atoms with Gasteiger partial charge in [-0.2, -0.15) is 0 Å². The fourth-order valence-electron chi connectivity index (χ4n) is 1.76. The van der Waals surface area contributed by atoms with Crippen LogP contribution in [0.25, 0.3) is 0 Å². The van der Waals surface area contributed by atoms with Gasteiger partial charge in [-0.05, 0) is 19.9 Å². The molecule has 0 spiro atoms. The quantitative estimate of drug-likeness (QED) is 0.853. The molecule has 4 heteroatoms. The minimum absolute atomic E-state index is 0.545. The van der Waals surface area contributed by atoms with E-state index in [1.54, 1.807) is 0 Å². The van der Waals surface area contributed by atoms with Gasteiger partial charge in [0.1, 0.15) is 0 Å². The molecule has 2 rings (SSSR count). The topological polar surface area (TPSA) is 34.1 Å². The Labute approximate surface area is 94.9 Å². The van der Waals surface area contributed by atoms with E-state index in [2.05, 4.69) is 24.1 Å². The normalized spacial score (nSPS) is 21.1. The Hall–Kier alpha value is -0.450. The molecule has 0 aromatic carbocycles. The lowest BCUT2D eigenvalue weighted by atomic mass is 10.1. The summed E-state index contributed by atoms with van der Waals surface area (Å²) in [5, 5.41) is 4.61.